The smallest absolute Gasteiger partial charge is 0.258 e. The molecule has 1 amide bonds. The average molecular weight is 400 g/mol. The van der Waals surface area contributed by atoms with Crippen LogP contribution in [0, 0.1) is 0 Å². The first-order valence-electron chi connectivity index (χ1n) is 10.7. The zero-order chi connectivity index (χ0) is 20.1. The Morgan fingerprint density at radius 3 is 2.60 bits per heavy atom. The van der Waals surface area contributed by atoms with Crippen molar-refractivity contribution in [3.05, 3.63) is 65.7 Å². The maximum absolute atomic E-state index is 13.5. The molecule has 0 unspecified atom stereocenters. The van der Waals surface area contributed by atoms with Crippen molar-refractivity contribution in [2.45, 2.75) is 25.0 Å². The molecule has 30 heavy (non-hydrogen) atoms. The fourth-order valence-corrected chi connectivity index (χ4v) is 4.58. The fraction of sp³-hybridized carbons (Fsp3) is 0.333. The van der Waals surface area contributed by atoms with E-state index in [1.165, 1.54) is 0 Å². The van der Waals surface area contributed by atoms with Gasteiger partial charge in [0.25, 0.3) is 5.91 Å². The van der Waals surface area contributed by atoms with Gasteiger partial charge in [0.05, 0.1) is 24.3 Å². The van der Waals surface area contributed by atoms with Gasteiger partial charge in [-0.3, -0.25) is 4.79 Å². The van der Waals surface area contributed by atoms with Gasteiger partial charge in [0.1, 0.15) is 12.0 Å². The molecule has 3 aliphatic rings. The molecule has 3 aromatic rings. The van der Waals surface area contributed by atoms with Gasteiger partial charge < -0.3 is 19.9 Å². The molecule has 0 radical (unpaired) electrons. The number of anilines is 2. The highest BCUT2D eigenvalue weighted by atomic mass is 16.5. The number of ether oxygens (including phenoxy) is 1. The first-order valence-corrected chi connectivity index (χ1v) is 10.7. The number of fused-ring (bicyclic) bond motifs is 2. The Bertz CT molecular complexity index is 1120. The van der Waals surface area contributed by atoms with E-state index < -0.39 is 0 Å². The third-order valence-electron chi connectivity index (χ3n) is 6.24. The molecule has 0 bridgehead atoms. The summed E-state index contributed by atoms with van der Waals surface area (Å²) in [5.74, 6) is 1.06. The van der Waals surface area contributed by atoms with Gasteiger partial charge in [0.15, 0.2) is 0 Å². The van der Waals surface area contributed by atoms with Crippen molar-refractivity contribution in [1.82, 2.24) is 9.88 Å². The minimum Gasteiger partial charge on any atom is -0.378 e. The summed E-state index contributed by atoms with van der Waals surface area (Å²) in [7, 11) is 0. The number of hydrogen-bond donors (Lipinski definition) is 1. The molecule has 1 saturated heterocycles. The lowest BCUT2D eigenvalue weighted by Crippen LogP contribution is -2.45. The number of aromatic nitrogens is 1. The van der Waals surface area contributed by atoms with Crippen LogP contribution in [0.1, 0.15) is 34.9 Å². The second kappa shape index (κ2) is 6.99. The number of carbonyl (C=O) groups is 1. The van der Waals surface area contributed by atoms with E-state index in [1.807, 2.05) is 41.3 Å². The number of rotatable bonds is 3. The highest BCUT2D eigenvalue weighted by Gasteiger charge is 2.43. The van der Waals surface area contributed by atoms with Gasteiger partial charge in [-0.25, -0.2) is 4.98 Å². The summed E-state index contributed by atoms with van der Waals surface area (Å²) in [5, 5.41) is 4.76. The van der Waals surface area contributed by atoms with Crippen LogP contribution >= 0.6 is 0 Å². The van der Waals surface area contributed by atoms with Crippen molar-refractivity contribution in [3.63, 3.8) is 0 Å². The van der Waals surface area contributed by atoms with Crippen LogP contribution in [0.15, 0.2) is 54.6 Å². The Kier molecular flexibility index (Phi) is 4.13. The quantitative estimate of drug-likeness (QED) is 0.725. The Hall–Kier alpha value is -3.12. The number of nitrogens with one attached hydrogen (secondary N) is 1. The normalized spacial score (nSPS) is 21.5. The molecule has 1 N–H and O–H groups in total. The van der Waals surface area contributed by atoms with Gasteiger partial charge in [0, 0.05) is 35.8 Å². The summed E-state index contributed by atoms with van der Waals surface area (Å²) in [5.41, 5.74) is 3.68. The highest BCUT2D eigenvalue weighted by Crippen LogP contribution is 2.43. The molecule has 1 saturated carbocycles. The fourth-order valence-electron chi connectivity index (χ4n) is 4.58. The first kappa shape index (κ1) is 17.7. The van der Waals surface area contributed by atoms with Crippen molar-refractivity contribution in [2.24, 2.45) is 0 Å². The van der Waals surface area contributed by atoms with Crippen LogP contribution in [-0.2, 0) is 4.74 Å². The van der Waals surface area contributed by atoms with Crippen LogP contribution < -0.4 is 10.2 Å². The molecule has 152 valence electrons. The lowest BCUT2D eigenvalue weighted by molar-refractivity contribution is 0.0666. The molecule has 2 fully saturated rings. The topological polar surface area (TPSA) is 57.7 Å². The lowest BCUT2D eigenvalue weighted by atomic mass is 10.0. The molecular formula is C24H24N4O2. The molecule has 0 spiro atoms. The summed E-state index contributed by atoms with van der Waals surface area (Å²) < 4.78 is 5.58. The maximum atomic E-state index is 13.5. The number of hydrogen-bond acceptors (Lipinski definition) is 5. The van der Waals surface area contributed by atoms with Crippen LogP contribution in [0.5, 0.6) is 0 Å². The number of nitrogens with zero attached hydrogens (tertiary/aromatic N) is 3. The van der Waals surface area contributed by atoms with E-state index in [9.17, 15) is 4.79 Å². The molecule has 2 aliphatic heterocycles. The Morgan fingerprint density at radius 2 is 1.77 bits per heavy atom. The number of amides is 1. The lowest BCUT2D eigenvalue weighted by Gasteiger charge is -2.40. The third kappa shape index (κ3) is 2.91. The first-order chi connectivity index (χ1) is 14.8. The number of morpholine rings is 1. The summed E-state index contributed by atoms with van der Waals surface area (Å²) in [6.07, 6.45) is 1.88. The Balaban J connectivity index is 1.52. The van der Waals surface area contributed by atoms with E-state index in [4.69, 9.17) is 9.72 Å². The van der Waals surface area contributed by atoms with Gasteiger partial charge in [-0.1, -0.05) is 30.3 Å². The number of carbonyl (C=O) groups excluding carboxylic acids is 1. The Labute approximate surface area is 175 Å². The van der Waals surface area contributed by atoms with E-state index in [2.05, 4.69) is 28.4 Å². The SMILES string of the molecule is O=C1c2ccccc2N[C@H](c2cc3ccccc3nc2N2CCOCC2)N1C1CC1. The second-order valence-corrected chi connectivity index (χ2v) is 8.23. The van der Waals surface area contributed by atoms with E-state index in [-0.39, 0.29) is 18.1 Å². The molecule has 1 atom stereocenters. The number of pyridine rings is 1. The zero-order valence-electron chi connectivity index (χ0n) is 16.8. The van der Waals surface area contributed by atoms with E-state index in [0.29, 0.717) is 13.2 Å². The standard InChI is InChI=1S/C24H24N4O2/c29-24-18-6-2-4-8-21(18)26-23(28(24)17-9-10-17)19-15-16-5-1-3-7-20(16)25-22(19)27-11-13-30-14-12-27/h1-8,15,17,23,26H,9-14H2/t23-/m0/s1. The van der Waals surface area contributed by atoms with Crippen molar-refractivity contribution in [3.8, 4) is 0 Å². The van der Waals surface area contributed by atoms with Crippen molar-refractivity contribution >= 4 is 28.3 Å². The minimum atomic E-state index is -0.227. The Morgan fingerprint density at radius 1 is 1.00 bits per heavy atom. The van der Waals surface area contributed by atoms with Gasteiger partial charge in [-0.05, 0) is 37.1 Å². The van der Waals surface area contributed by atoms with Crippen LogP contribution in [-0.4, -0.2) is 48.1 Å². The predicted molar refractivity (Wildman–Crippen MR) is 117 cm³/mol. The van der Waals surface area contributed by atoms with Crippen molar-refractivity contribution < 1.29 is 9.53 Å². The van der Waals surface area contributed by atoms with Gasteiger partial charge in [-0.15, -0.1) is 0 Å². The van der Waals surface area contributed by atoms with Gasteiger partial charge in [-0.2, -0.15) is 0 Å². The average Bonchev–Trinajstić information content (AvgIpc) is 3.64. The summed E-state index contributed by atoms with van der Waals surface area (Å²) in [6.45, 7) is 3.00. The van der Waals surface area contributed by atoms with Gasteiger partial charge in [0.2, 0.25) is 0 Å². The summed E-state index contributed by atoms with van der Waals surface area (Å²) in [6, 6.07) is 18.5. The van der Waals surface area contributed by atoms with Crippen LogP contribution in [0.2, 0.25) is 0 Å². The predicted octanol–water partition coefficient (Wildman–Crippen LogP) is 3.80. The molecular weight excluding hydrogens is 376 g/mol. The number of para-hydroxylation sites is 2. The molecule has 3 heterocycles. The zero-order valence-corrected chi connectivity index (χ0v) is 16.8. The summed E-state index contributed by atoms with van der Waals surface area (Å²) >= 11 is 0. The van der Waals surface area contributed by atoms with Crippen LogP contribution in [0.3, 0.4) is 0 Å². The van der Waals surface area contributed by atoms with Crippen LogP contribution in [0.25, 0.3) is 10.9 Å². The largest absolute Gasteiger partial charge is 0.378 e. The van der Waals surface area contributed by atoms with E-state index in [0.717, 1.165) is 59.5 Å². The maximum Gasteiger partial charge on any atom is 0.258 e. The van der Waals surface area contributed by atoms with Crippen molar-refractivity contribution in [2.75, 3.05) is 36.5 Å². The van der Waals surface area contributed by atoms with E-state index >= 15 is 0 Å². The summed E-state index contributed by atoms with van der Waals surface area (Å²) in [4.78, 5) is 22.9. The number of benzene rings is 2. The van der Waals surface area contributed by atoms with E-state index in [1.54, 1.807) is 0 Å². The van der Waals surface area contributed by atoms with Crippen molar-refractivity contribution in [1.29, 1.82) is 0 Å². The van der Waals surface area contributed by atoms with Crippen LogP contribution in [0.4, 0.5) is 11.5 Å². The molecule has 6 heteroatoms. The molecule has 1 aliphatic carbocycles. The minimum absolute atomic E-state index is 0.109. The van der Waals surface area contributed by atoms with Gasteiger partial charge >= 0.3 is 0 Å². The molecule has 6 rings (SSSR count). The third-order valence-corrected chi connectivity index (χ3v) is 6.24. The molecule has 6 nitrogen and oxygen atoms in total. The highest BCUT2D eigenvalue weighted by molar-refractivity contribution is 6.02. The monoisotopic (exact) mass is 400 g/mol. The molecule has 1 aromatic heterocycles. The molecule has 2 aromatic carbocycles. The second-order valence-electron chi connectivity index (χ2n) is 8.23.